The lowest BCUT2D eigenvalue weighted by molar-refractivity contribution is -0.130. The smallest absolute Gasteiger partial charge is 0.332 e. The van der Waals surface area contributed by atoms with E-state index in [1.54, 1.807) is 32.2 Å². The van der Waals surface area contributed by atoms with Crippen LogP contribution in [0.15, 0.2) is 33.9 Å². The van der Waals surface area contributed by atoms with Gasteiger partial charge in [-0.15, -0.1) is 0 Å². The average Bonchev–Trinajstić information content (AvgIpc) is 2.74. The van der Waals surface area contributed by atoms with Gasteiger partial charge in [0.25, 0.3) is 5.56 Å². The van der Waals surface area contributed by atoms with Crippen LogP contribution in [0.4, 0.5) is 5.82 Å². The third kappa shape index (κ3) is 4.13. The predicted octanol–water partition coefficient (Wildman–Crippen LogP) is -0.00750. The molecule has 2 aromatic rings. The van der Waals surface area contributed by atoms with E-state index >= 15 is 0 Å². The molecule has 3 rings (SSSR count). The fourth-order valence-corrected chi connectivity index (χ4v) is 3.49. The molecule has 0 aliphatic carbocycles. The Bertz CT molecular complexity index is 1020. The summed E-state index contributed by atoms with van der Waals surface area (Å²) in [7, 11) is 6.23. The first-order valence-electron chi connectivity index (χ1n) is 9.36. The molecule has 9 heteroatoms. The van der Waals surface area contributed by atoms with Crippen molar-refractivity contribution >= 4 is 11.7 Å². The molecule has 0 atom stereocenters. The van der Waals surface area contributed by atoms with Gasteiger partial charge in [0.2, 0.25) is 5.91 Å². The van der Waals surface area contributed by atoms with Crippen molar-refractivity contribution in [3.8, 4) is 11.5 Å². The lowest BCUT2D eigenvalue weighted by atomic mass is 10.1. The zero-order valence-corrected chi connectivity index (χ0v) is 17.2. The Morgan fingerprint density at radius 1 is 0.931 bits per heavy atom. The quantitative estimate of drug-likeness (QED) is 0.700. The molecule has 0 spiro atoms. The van der Waals surface area contributed by atoms with Gasteiger partial charge in [0.05, 0.1) is 20.6 Å². The summed E-state index contributed by atoms with van der Waals surface area (Å²) in [5, 5.41) is 0. The molecule has 1 aromatic heterocycles. The van der Waals surface area contributed by atoms with Gasteiger partial charge in [-0.3, -0.25) is 18.7 Å². The molecule has 0 unspecified atom stereocenters. The lowest BCUT2D eigenvalue weighted by Crippen LogP contribution is -2.51. The second-order valence-electron chi connectivity index (χ2n) is 6.98. The number of carbonyl (C=O) groups is 1. The highest BCUT2D eigenvalue weighted by molar-refractivity contribution is 5.79. The number of anilines is 1. The van der Waals surface area contributed by atoms with Crippen LogP contribution in [0.5, 0.6) is 11.5 Å². The number of carbonyl (C=O) groups excluding carboxylic acids is 1. The van der Waals surface area contributed by atoms with E-state index in [4.69, 9.17) is 9.47 Å². The van der Waals surface area contributed by atoms with Crippen molar-refractivity contribution in [3.63, 3.8) is 0 Å². The summed E-state index contributed by atoms with van der Waals surface area (Å²) in [5.41, 5.74) is 0.151. The van der Waals surface area contributed by atoms with Crippen LogP contribution in [0.2, 0.25) is 0 Å². The molecular weight excluding hydrogens is 376 g/mol. The SMILES string of the molecule is COc1ccc(CC(=O)N2CCN(c3cc(=O)n(C)c(=O)n3C)CC2)cc1OC. The van der Waals surface area contributed by atoms with E-state index < -0.39 is 0 Å². The molecule has 29 heavy (non-hydrogen) atoms. The molecule has 1 amide bonds. The van der Waals surface area contributed by atoms with Crippen molar-refractivity contribution in [3.05, 3.63) is 50.7 Å². The third-order valence-corrected chi connectivity index (χ3v) is 5.26. The number of aromatic nitrogens is 2. The van der Waals surface area contributed by atoms with Gasteiger partial charge in [-0.25, -0.2) is 4.79 Å². The minimum atomic E-state index is -0.362. The minimum Gasteiger partial charge on any atom is -0.493 e. The monoisotopic (exact) mass is 402 g/mol. The fraction of sp³-hybridized carbons (Fsp3) is 0.450. The van der Waals surface area contributed by atoms with Gasteiger partial charge in [0.15, 0.2) is 11.5 Å². The maximum atomic E-state index is 12.7. The van der Waals surface area contributed by atoms with Crippen LogP contribution in [0.1, 0.15) is 5.56 Å². The number of ether oxygens (including phenoxy) is 2. The van der Waals surface area contributed by atoms with Crippen LogP contribution in [-0.4, -0.2) is 60.3 Å². The topological polar surface area (TPSA) is 86.0 Å². The summed E-state index contributed by atoms with van der Waals surface area (Å²) >= 11 is 0. The Hall–Kier alpha value is -3.23. The highest BCUT2D eigenvalue weighted by atomic mass is 16.5. The maximum absolute atomic E-state index is 12.7. The molecule has 1 fully saturated rings. The predicted molar refractivity (Wildman–Crippen MR) is 109 cm³/mol. The first kappa shape index (κ1) is 20.5. The van der Waals surface area contributed by atoms with E-state index in [2.05, 4.69) is 0 Å². The standard InChI is InChI=1S/C20H26N4O5/c1-21-17(13-18(25)22(2)20(21)27)23-7-9-24(10-8-23)19(26)12-14-5-6-15(28-3)16(11-14)29-4/h5-6,11,13H,7-10,12H2,1-4H3. The van der Waals surface area contributed by atoms with Gasteiger partial charge in [-0.05, 0) is 17.7 Å². The number of hydrogen-bond donors (Lipinski definition) is 0. The van der Waals surface area contributed by atoms with E-state index in [1.165, 1.54) is 17.7 Å². The van der Waals surface area contributed by atoms with Crippen LogP contribution in [-0.2, 0) is 25.3 Å². The number of hydrogen-bond acceptors (Lipinski definition) is 6. The Labute approximate surface area is 168 Å². The molecule has 1 aromatic carbocycles. The lowest BCUT2D eigenvalue weighted by Gasteiger charge is -2.36. The fourth-order valence-electron chi connectivity index (χ4n) is 3.49. The molecule has 2 heterocycles. The number of benzene rings is 1. The third-order valence-electron chi connectivity index (χ3n) is 5.26. The Kier molecular flexibility index (Phi) is 5.95. The summed E-state index contributed by atoms with van der Waals surface area (Å²) in [4.78, 5) is 40.6. The molecule has 1 aliphatic heterocycles. The number of amides is 1. The number of piperazine rings is 1. The molecule has 0 N–H and O–H groups in total. The van der Waals surface area contributed by atoms with Crippen molar-refractivity contribution in [1.82, 2.24) is 14.0 Å². The first-order chi connectivity index (χ1) is 13.8. The van der Waals surface area contributed by atoms with Gasteiger partial charge in [-0.1, -0.05) is 6.07 Å². The molecule has 1 saturated heterocycles. The average molecular weight is 402 g/mol. The van der Waals surface area contributed by atoms with E-state index in [0.717, 1.165) is 10.1 Å². The van der Waals surface area contributed by atoms with Crippen molar-refractivity contribution in [1.29, 1.82) is 0 Å². The van der Waals surface area contributed by atoms with Gasteiger partial charge in [-0.2, -0.15) is 0 Å². The minimum absolute atomic E-state index is 0.0229. The van der Waals surface area contributed by atoms with Gasteiger partial charge in [0.1, 0.15) is 5.82 Å². The largest absolute Gasteiger partial charge is 0.493 e. The number of nitrogens with zero attached hydrogens (tertiary/aromatic N) is 4. The second-order valence-corrected chi connectivity index (χ2v) is 6.98. The van der Waals surface area contributed by atoms with Crippen molar-refractivity contribution in [2.45, 2.75) is 6.42 Å². The van der Waals surface area contributed by atoms with Crippen LogP contribution < -0.4 is 25.6 Å². The van der Waals surface area contributed by atoms with Crippen molar-refractivity contribution in [2.75, 3.05) is 45.3 Å². The molecule has 9 nitrogen and oxygen atoms in total. The second kappa shape index (κ2) is 8.42. The van der Waals surface area contributed by atoms with Crippen molar-refractivity contribution < 1.29 is 14.3 Å². The Morgan fingerprint density at radius 2 is 1.59 bits per heavy atom. The first-order valence-corrected chi connectivity index (χ1v) is 9.36. The Balaban J connectivity index is 1.66. The summed E-state index contributed by atoms with van der Waals surface area (Å²) in [6.07, 6.45) is 0.269. The molecule has 0 radical (unpaired) electrons. The van der Waals surface area contributed by atoms with E-state index in [1.807, 2.05) is 17.0 Å². The summed E-state index contributed by atoms with van der Waals surface area (Å²) in [5.74, 6) is 1.81. The van der Waals surface area contributed by atoms with Crippen LogP contribution in [0.3, 0.4) is 0 Å². The van der Waals surface area contributed by atoms with Crippen LogP contribution >= 0.6 is 0 Å². The summed E-state index contributed by atoms with van der Waals surface area (Å²) < 4.78 is 13.1. The number of rotatable bonds is 5. The van der Waals surface area contributed by atoms with E-state index in [0.29, 0.717) is 43.5 Å². The molecule has 0 saturated carbocycles. The van der Waals surface area contributed by atoms with Crippen molar-refractivity contribution in [2.24, 2.45) is 14.1 Å². The van der Waals surface area contributed by atoms with Gasteiger partial charge >= 0.3 is 5.69 Å². The Morgan fingerprint density at radius 3 is 2.21 bits per heavy atom. The van der Waals surface area contributed by atoms with Gasteiger partial charge in [0, 0.05) is 46.3 Å². The normalized spacial score (nSPS) is 14.1. The zero-order valence-electron chi connectivity index (χ0n) is 17.2. The van der Waals surface area contributed by atoms with E-state index in [9.17, 15) is 14.4 Å². The highest BCUT2D eigenvalue weighted by Gasteiger charge is 2.23. The molecule has 156 valence electrons. The zero-order chi connectivity index (χ0) is 21.1. The summed E-state index contributed by atoms with van der Waals surface area (Å²) in [6, 6.07) is 6.91. The molecular formula is C20H26N4O5. The van der Waals surface area contributed by atoms with Crippen LogP contribution in [0, 0.1) is 0 Å². The number of methoxy groups -OCH3 is 2. The maximum Gasteiger partial charge on any atom is 0.332 e. The highest BCUT2D eigenvalue weighted by Crippen LogP contribution is 2.28. The molecule has 1 aliphatic rings. The van der Waals surface area contributed by atoms with Crippen LogP contribution in [0.25, 0.3) is 0 Å². The van der Waals surface area contributed by atoms with Gasteiger partial charge < -0.3 is 19.3 Å². The molecule has 0 bridgehead atoms. The van der Waals surface area contributed by atoms with E-state index in [-0.39, 0.29) is 23.6 Å². The summed E-state index contributed by atoms with van der Waals surface area (Å²) in [6.45, 7) is 2.15.